The van der Waals surface area contributed by atoms with Crippen LogP contribution in [0.1, 0.15) is 5.69 Å². The number of halogens is 1. The van der Waals surface area contributed by atoms with Gasteiger partial charge in [0.1, 0.15) is 5.82 Å². The fourth-order valence-electron chi connectivity index (χ4n) is 2.17. The Balaban J connectivity index is 1.60. The largest absolute Gasteiger partial charge is 0.491 e. The number of aryl methyl sites for hydroxylation is 1. The summed E-state index contributed by atoms with van der Waals surface area (Å²) < 4.78 is 25.3. The SMILES string of the molecule is COc1cnc(CSc2nnnn2C)cc1OCC(=O)Nc1ccc(F)cc1. The molecule has 0 aliphatic heterocycles. The van der Waals surface area contributed by atoms with E-state index < -0.39 is 0 Å². The minimum absolute atomic E-state index is 0.239. The van der Waals surface area contributed by atoms with E-state index in [0.29, 0.717) is 33.8 Å². The summed E-state index contributed by atoms with van der Waals surface area (Å²) in [6, 6.07) is 7.16. The number of tetrazole rings is 1. The highest BCUT2D eigenvalue weighted by Gasteiger charge is 2.12. The summed E-state index contributed by atoms with van der Waals surface area (Å²) in [7, 11) is 3.24. The first-order valence-corrected chi connectivity index (χ1v) is 9.10. The van der Waals surface area contributed by atoms with Crippen LogP contribution in [0.5, 0.6) is 11.5 Å². The molecule has 1 N–H and O–H groups in total. The van der Waals surface area contributed by atoms with Crippen LogP contribution in [0.15, 0.2) is 41.7 Å². The van der Waals surface area contributed by atoms with Crippen molar-refractivity contribution in [1.29, 1.82) is 0 Å². The number of carbonyl (C=O) groups excluding carboxylic acids is 1. The van der Waals surface area contributed by atoms with Gasteiger partial charge in [0.2, 0.25) is 5.16 Å². The topological polar surface area (TPSA) is 104 Å². The van der Waals surface area contributed by atoms with Gasteiger partial charge in [-0.05, 0) is 34.7 Å². The molecule has 11 heteroatoms. The van der Waals surface area contributed by atoms with E-state index in [4.69, 9.17) is 9.47 Å². The van der Waals surface area contributed by atoms with Crippen molar-refractivity contribution in [1.82, 2.24) is 25.2 Å². The van der Waals surface area contributed by atoms with E-state index in [2.05, 4.69) is 25.8 Å². The van der Waals surface area contributed by atoms with Crippen LogP contribution in [-0.2, 0) is 17.6 Å². The molecule has 0 saturated heterocycles. The highest BCUT2D eigenvalue weighted by molar-refractivity contribution is 7.98. The molecule has 3 rings (SSSR count). The lowest BCUT2D eigenvalue weighted by Gasteiger charge is -2.12. The molecular formula is C17H17FN6O3S. The van der Waals surface area contributed by atoms with Crippen LogP contribution in [-0.4, -0.2) is 44.8 Å². The molecule has 28 heavy (non-hydrogen) atoms. The first-order valence-electron chi connectivity index (χ1n) is 8.11. The number of carbonyl (C=O) groups is 1. The van der Waals surface area contributed by atoms with E-state index >= 15 is 0 Å². The minimum atomic E-state index is -0.383. The van der Waals surface area contributed by atoms with Gasteiger partial charge in [-0.25, -0.2) is 9.07 Å². The number of rotatable bonds is 8. The maximum atomic E-state index is 12.9. The number of pyridine rings is 1. The Labute approximate surface area is 164 Å². The van der Waals surface area contributed by atoms with Gasteiger partial charge < -0.3 is 14.8 Å². The van der Waals surface area contributed by atoms with Gasteiger partial charge in [0.05, 0.1) is 19.0 Å². The van der Waals surface area contributed by atoms with Gasteiger partial charge in [-0.15, -0.1) is 5.10 Å². The second-order valence-electron chi connectivity index (χ2n) is 5.54. The zero-order valence-electron chi connectivity index (χ0n) is 15.1. The van der Waals surface area contributed by atoms with Crippen molar-refractivity contribution in [3.63, 3.8) is 0 Å². The molecule has 0 saturated carbocycles. The number of methoxy groups -OCH3 is 1. The lowest BCUT2D eigenvalue weighted by molar-refractivity contribution is -0.118. The third kappa shape index (κ3) is 5.16. The van der Waals surface area contributed by atoms with Gasteiger partial charge in [0.25, 0.3) is 5.91 Å². The third-order valence-corrected chi connectivity index (χ3v) is 4.57. The molecule has 0 bridgehead atoms. The summed E-state index contributed by atoms with van der Waals surface area (Å²) in [6.07, 6.45) is 1.53. The van der Waals surface area contributed by atoms with Crippen molar-refractivity contribution in [2.45, 2.75) is 10.9 Å². The average Bonchev–Trinajstić information content (AvgIpc) is 3.11. The Morgan fingerprint density at radius 3 is 2.75 bits per heavy atom. The Bertz CT molecular complexity index is 950. The van der Waals surface area contributed by atoms with Crippen molar-refractivity contribution >= 4 is 23.4 Å². The maximum Gasteiger partial charge on any atom is 0.262 e. The normalized spacial score (nSPS) is 10.5. The van der Waals surface area contributed by atoms with Gasteiger partial charge in [0, 0.05) is 24.6 Å². The fraction of sp³-hybridized carbons (Fsp3) is 0.235. The number of aromatic nitrogens is 5. The quantitative estimate of drug-likeness (QED) is 0.569. The zero-order valence-corrected chi connectivity index (χ0v) is 15.9. The van der Waals surface area contributed by atoms with E-state index in [1.165, 1.54) is 49.3 Å². The first-order chi connectivity index (χ1) is 13.5. The van der Waals surface area contributed by atoms with Gasteiger partial charge in [0.15, 0.2) is 18.1 Å². The molecule has 3 aromatic rings. The molecular weight excluding hydrogens is 387 g/mol. The van der Waals surface area contributed by atoms with E-state index in [1.807, 2.05) is 0 Å². The van der Waals surface area contributed by atoms with Crippen LogP contribution >= 0.6 is 11.8 Å². The molecule has 0 aliphatic carbocycles. The number of ether oxygens (including phenoxy) is 2. The predicted molar refractivity (Wildman–Crippen MR) is 99.7 cm³/mol. The number of anilines is 1. The number of thioether (sulfide) groups is 1. The fourth-order valence-corrected chi connectivity index (χ4v) is 2.92. The lowest BCUT2D eigenvalue weighted by Crippen LogP contribution is -2.20. The molecule has 0 spiro atoms. The average molecular weight is 404 g/mol. The highest BCUT2D eigenvalue weighted by atomic mass is 32.2. The number of amides is 1. The summed E-state index contributed by atoms with van der Waals surface area (Å²) in [4.78, 5) is 16.4. The van der Waals surface area contributed by atoms with Gasteiger partial charge >= 0.3 is 0 Å². The molecule has 9 nitrogen and oxygen atoms in total. The second kappa shape index (κ2) is 9.13. The number of benzene rings is 1. The smallest absolute Gasteiger partial charge is 0.262 e. The van der Waals surface area contributed by atoms with Crippen LogP contribution in [0.4, 0.5) is 10.1 Å². The molecule has 146 valence electrons. The van der Waals surface area contributed by atoms with Gasteiger partial charge in [-0.3, -0.25) is 9.78 Å². The summed E-state index contributed by atoms with van der Waals surface area (Å²) >= 11 is 1.41. The molecule has 1 amide bonds. The van der Waals surface area contributed by atoms with E-state index in [1.54, 1.807) is 17.8 Å². The molecule has 0 radical (unpaired) electrons. The third-order valence-electron chi connectivity index (χ3n) is 3.53. The van der Waals surface area contributed by atoms with Crippen molar-refractivity contribution in [2.24, 2.45) is 7.05 Å². The molecule has 2 aromatic heterocycles. The van der Waals surface area contributed by atoms with Crippen molar-refractivity contribution in [3.05, 3.63) is 48.0 Å². The number of hydrogen-bond acceptors (Lipinski definition) is 8. The predicted octanol–water partition coefficient (Wildman–Crippen LogP) is 2.06. The van der Waals surface area contributed by atoms with E-state index in [9.17, 15) is 9.18 Å². The number of hydrogen-bond donors (Lipinski definition) is 1. The van der Waals surface area contributed by atoms with Gasteiger partial charge in [-0.2, -0.15) is 0 Å². The van der Waals surface area contributed by atoms with Crippen LogP contribution < -0.4 is 14.8 Å². The standard InChI is InChI=1S/C17H17FN6O3S/c1-24-17(21-22-23-24)28-10-13-7-14(15(26-2)8-19-13)27-9-16(25)20-12-5-3-11(18)4-6-12/h3-8H,9-10H2,1-2H3,(H,20,25). The van der Waals surface area contributed by atoms with E-state index in [-0.39, 0.29) is 18.3 Å². The van der Waals surface area contributed by atoms with Crippen LogP contribution in [0.3, 0.4) is 0 Å². The summed E-state index contributed by atoms with van der Waals surface area (Å²) in [6.45, 7) is -0.239. The Morgan fingerprint density at radius 2 is 2.07 bits per heavy atom. The minimum Gasteiger partial charge on any atom is -0.491 e. The summed E-state index contributed by atoms with van der Waals surface area (Å²) in [5.41, 5.74) is 1.19. The Kier molecular flexibility index (Phi) is 6.37. The van der Waals surface area contributed by atoms with Crippen molar-refractivity contribution in [3.8, 4) is 11.5 Å². The van der Waals surface area contributed by atoms with Crippen molar-refractivity contribution in [2.75, 3.05) is 19.0 Å². The van der Waals surface area contributed by atoms with Crippen molar-refractivity contribution < 1.29 is 18.7 Å². The van der Waals surface area contributed by atoms with Crippen LogP contribution in [0.2, 0.25) is 0 Å². The van der Waals surface area contributed by atoms with Gasteiger partial charge in [-0.1, -0.05) is 11.8 Å². The summed E-state index contributed by atoms with van der Waals surface area (Å²) in [5, 5.41) is 14.5. The molecule has 1 aromatic carbocycles. The first kappa shape index (κ1) is 19.5. The number of nitrogens with zero attached hydrogens (tertiary/aromatic N) is 5. The molecule has 0 aliphatic rings. The Morgan fingerprint density at radius 1 is 1.29 bits per heavy atom. The lowest BCUT2D eigenvalue weighted by atomic mass is 10.3. The molecule has 2 heterocycles. The molecule has 0 fully saturated rings. The Hall–Kier alpha value is -3.21. The monoisotopic (exact) mass is 404 g/mol. The second-order valence-corrected chi connectivity index (χ2v) is 6.49. The zero-order chi connectivity index (χ0) is 19.9. The van der Waals surface area contributed by atoms with Crippen LogP contribution in [0.25, 0.3) is 0 Å². The highest BCUT2D eigenvalue weighted by Crippen LogP contribution is 2.28. The number of nitrogens with one attached hydrogen (secondary N) is 1. The maximum absolute atomic E-state index is 12.9. The molecule has 0 unspecified atom stereocenters. The van der Waals surface area contributed by atoms with E-state index in [0.717, 1.165) is 0 Å². The molecule has 0 atom stereocenters. The van der Waals surface area contributed by atoms with Crippen LogP contribution in [0, 0.1) is 5.82 Å². The summed E-state index contributed by atoms with van der Waals surface area (Å²) in [5.74, 6) is 0.544.